The largest absolute Gasteiger partial charge is 0.427 e. The van der Waals surface area contributed by atoms with Crippen LogP contribution < -0.4 is 0 Å². The molecular formula is C3H7N3O4Si. The Morgan fingerprint density at radius 1 is 0.909 bits per heavy atom. The summed E-state index contributed by atoms with van der Waals surface area (Å²) in [6, 6.07) is 0. The Bertz CT molecular complexity index is 136. The maximum Gasteiger partial charge on any atom is 0.263 e. The summed E-state index contributed by atoms with van der Waals surface area (Å²) in [6.45, 7) is 0. The first-order valence-electron chi connectivity index (χ1n) is 2.78. The maximum atomic E-state index is 9.71. The van der Waals surface area contributed by atoms with Gasteiger partial charge in [0, 0.05) is 0 Å². The molecule has 0 atom stereocenters. The second-order valence-corrected chi connectivity index (χ2v) is 5.48. The summed E-state index contributed by atoms with van der Waals surface area (Å²) in [5.74, 6) is 0. The Morgan fingerprint density at radius 3 is 1.36 bits per heavy atom. The molecule has 0 saturated carbocycles. The van der Waals surface area contributed by atoms with Crippen LogP contribution in [0, 0.1) is 14.7 Å². The summed E-state index contributed by atoms with van der Waals surface area (Å²) in [5.41, 5.74) is 0. The highest BCUT2D eigenvalue weighted by Gasteiger charge is 2.33. The Hall–Kier alpha value is -1.02. The van der Waals surface area contributed by atoms with E-state index >= 15 is 0 Å². The minimum absolute atomic E-state index is 0.412. The molecule has 8 heteroatoms. The molecule has 11 heavy (non-hydrogen) atoms. The van der Waals surface area contributed by atoms with Crippen LogP contribution in [0.5, 0.6) is 0 Å². The van der Waals surface area contributed by atoms with Gasteiger partial charge < -0.3 is 4.80 Å². The lowest BCUT2D eigenvalue weighted by Crippen LogP contribution is -2.46. The number of hydrogen-bond donors (Lipinski definition) is 1. The van der Waals surface area contributed by atoms with Gasteiger partial charge in [-0.15, -0.1) is 0 Å². The number of hydrogen-bond acceptors (Lipinski definition) is 7. The van der Waals surface area contributed by atoms with E-state index in [-0.39, 0.29) is 0 Å². The summed E-state index contributed by atoms with van der Waals surface area (Å²) in [4.78, 5) is 38.4. The van der Waals surface area contributed by atoms with Crippen molar-refractivity contribution in [3.63, 3.8) is 0 Å². The third-order valence-corrected chi connectivity index (χ3v) is 3.23. The Kier molecular flexibility index (Phi) is 4.30. The van der Waals surface area contributed by atoms with Crippen LogP contribution >= 0.6 is 0 Å². The van der Waals surface area contributed by atoms with Crippen LogP contribution in [0.1, 0.15) is 0 Å². The molecule has 0 aromatic rings. The van der Waals surface area contributed by atoms with Crippen LogP contribution in [0.15, 0.2) is 15.5 Å². The zero-order chi connectivity index (χ0) is 8.74. The van der Waals surface area contributed by atoms with Crippen molar-refractivity contribution in [2.24, 2.45) is 15.5 Å². The van der Waals surface area contributed by atoms with Crippen LogP contribution in [0.25, 0.3) is 0 Å². The van der Waals surface area contributed by atoms with Crippen LogP contribution in [0.4, 0.5) is 0 Å². The molecule has 0 aliphatic carbocycles. The van der Waals surface area contributed by atoms with Gasteiger partial charge >= 0.3 is 0 Å². The first kappa shape index (κ1) is 9.98. The molecule has 0 amide bonds. The first-order valence-corrected chi connectivity index (χ1v) is 5.35. The molecule has 0 aromatic carbocycles. The molecule has 0 saturated heterocycles. The predicted molar refractivity (Wildman–Crippen MR) is 40.0 cm³/mol. The Morgan fingerprint density at radius 2 is 1.18 bits per heavy atom. The van der Waals surface area contributed by atoms with Crippen molar-refractivity contribution in [2.75, 3.05) is 18.5 Å². The van der Waals surface area contributed by atoms with Gasteiger partial charge in [0.15, 0.2) is 0 Å². The molecule has 0 aliphatic heterocycles. The molecule has 0 heterocycles. The van der Waals surface area contributed by atoms with Crippen molar-refractivity contribution in [1.29, 1.82) is 0 Å². The van der Waals surface area contributed by atoms with Gasteiger partial charge in [0.25, 0.3) is 8.32 Å². The molecule has 0 rings (SSSR count). The summed E-state index contributed by atoms with van der Waals surface area (Å²) in [6.07, 6.45) is -1.24. The Balaban J connectivity index is 4.09. The fourth-order valence-electron chi connectivity index (χ4n) is 0.510. The first-order chi connectivity index (χ1) is 5.18. The molecule has 0 aromatic heterocycles. The highest BCUT2D eigenvalue weighted by Crippen LogP contribution is 2.00. The van der Waals surface area contributed by atoms with Gasteiger partial charge in [0.05, 0.1) is 0 Å². The predicted octanol–water partition coefficient (Wildman–Crippen LogP) is -0.159. The minimum Gasteiger partial charge on any atom is -0.427 e. The lowest BCUT2D eigenvalue weighted by atomic mass is 11.4. The summed E-state index contributed by atoms with van der Waals surface area (Å²) in [7, 11) is -3.19. The monoisotopic (exact) mass is 177 g/mol. The summed E-state index contributed by atoms with van der Waals surface area (Å²) in [5, 5.41) is 7.23. The van der Waals surface area contributed by atoms with E-state index < -0.39 is 26.8 Å². The normalized spacial score (nSPS) is 10.6. The highest BCUT2D eigenvalue weighted by molar-refractivity contribution is 6.73. The van der Waals surface area contributed by atoms with Gasteiger partial charge in [-0.1, -0.05) is 15.5 Å². The van der Waals surface area contributed by atoms with Crippen LogP contribution in [-0.2, 0) is 0 Å². The molecule has 1 N–H and O–H groups in total. The third-order valence-electron chi connectivity index (χ3n) is 1.08. The maximum absolute atomic E-state index is 9.71. The van der Waals surface area contributed by atoms with E-state index in [1.54, 1.807) is 0 Å². The average molecular weight is 177 g/mol. The molecule has 62 valence electrons. The van der Waals surface area contributed by atoms with Crippen LogP contribution in [-0.4, -0.2) is 31.6 Å². The van der Waals surface area contributed by atoms with E-state index in [2.05, 4.69) is 15.5 Å². The topological polar surface area (TPSA) is 109 Å². The molecule has 0 spiro atoms. The van der Waals surface area contributed by atoms with Crippen molar-refractivity contribution < 1.29 is 4.80 Å². The van der Waals surface area contributed by atoms with Gasteiger partial charge in [-0.25, -0.2) is 0 Å². The summed E-state index contributed by atoms with van der Waals surface area (Å²) < 4.78 is 0. The second-order valence-electron chi connectivity index (χ2n) is 2.09. The van der Waals surface area contributed by atoms with Gasteiger partial charge in [-0.05, 0) is 0 Å². The zero-order valence-electron chi connectivity index (χ0n) is 5.63. The van der Waals surface area contributed by atoms with E-state index in [1.165, 1.54) is 0 Å². The molecular weight excluding hydrogens is 170 g/mol. The quantitative estimate of drug-likeness (QED) is 0.449. The fourth-order valence-corrected chi connectivity index (χ4v) is 1.53. The van der Waals surface area contributed by atoms with E-state index in [1.807, 2.05) is 0 Å². The standard InChI is InChI=1S/C3H7N3O4Si/c7-4-1-11(10,2-5-8)3-6-9/h10H,1-3H2. The van der Waals surface area contributed by atoms with E-state index in [9.17, 15) is 19.5 Å². The molecule has 0 bridgehead atoms. The van der Waals surface area contributed by atoms with E-state index in [0.29, 0.717) is 0 Å². The number of rotatable bonds is 6. The van der Waals surface area contributed by atoms with E-state index in [0.717, 1.165) is 0 Å². The lowest BCUT2D eigenvalue weighted by Gasteiger charge is -2.12. The number of nitroso groups, excluding NO2 is 3. The molecule has 7 nitrogen and oxygen atoms in total. The van der Waals surface area contributed by atoms with E-state index in [4.69, 9.17) is 0 Å². The van der Waals surface area contributed by atoms with Gasteiger partial charge in [-0.2, -0.15) is 14.7 Å². The highest BCUT2D eigenvalue weighted by atomic mass is 28.4. The van der Waals surface area contributed by atoms with Gasteiger partial charge in [0.2, 0.25) is 0 Å². The molecule has 0 unspecified atom stereocenters. The zero-order valence-corrected chi connectivity index (χ0v) is 6.63. The molecule has 0 radical (unpaired) electrons. The van der Waals surface area contributed by atoms with Gasteiger partial charge in [0.1, 0.15) is 18.5 Å². The summed E-state index contributed by atoms with van der Waals surface area (Å²) >= 11 is 0. The number of nitrogens with zero attached hydrogens (tertiary/aromatic N) is 3. The smallest absolute Gasteiger partial charge is 0.263 e. The van der Waals surface area contributed by atoms with Gasteiger partial charge in [-0.3, -0.25) is 0 Å². The van der Waals surface area contributed by atoms with Crippen molar-refractivity contribution in [3.05, 3.63) is 14.7 Å². The van der Waals surface area contributed by atoms with Crippen LogP contribution in [0.3, 0.4) is 0 Å². The van der Waals surface area contributed by atoms with Crippen molar-refractivity contribution in [3.8, 4) is 0 Å². The molecule has 0 aliphatic rings. The van der Waals surface area contributed by atoms with Crippen LogP contribution in [0.2, 0.25) is 0 Å². The van der Waals surface area contributed by atoms with Crippen molar-refractivity contribution >= 4 is 8.32 Å². The van der Waals surface area contributed by atoms with Crippen molar-refractivity contribution in [1.82, 2.24) is 0 Å². The average Bonchev–Trinajstić information content (AvgIpc) is 1.88. The van der Waals surface area contributed by atoms with Crippen molar-refractivity contribution in [2.45, 2.75) is 0 Å². The second kappa shape index (κ2) is 4.74. The molecule has 0 fully saturated rings. The Labute approximate surface area is 62.9 Å². The third kappa shape index (κ3) is 3.63. The minimum atomic E-state index is -3.19. The SMILES string of the molecule is O=NC[Si](O)(CN=O)CN=O. The lowest BCUT2D eigenvalue weighted by molar-refractivity contribution is 0.530. The fraction of sp³-hybridized carbons (Fsp3) is 1.00.